The summed E-state index contributed by atoms with van der Waals surface area (Å²) in [6.07, 6.45) is 7.20. The minimum atomic E-state index is -1.01. The van der Waals surface area contributed by atoms with Crippen LogP contribution in [0.4, 0.5) is 4.39 Å². The number of aromatic nitrogens is 4. The summed E-state index contributed by atoms with van der Waals surface area (Å²) in [5, 5.41) is 18.8. The van der Waals surface area contributed by atoms with Crippen LogP contribution in [0.3, 0.4) is 0 Å². The number of halogens is 1. The van der Waals surface area contributed by atoms with Crippen LogP contribution in [-0.2, 0) is 0 Å². The summed E-state index contributed by atoms with van der Waals surface area (Å²) in [4.78, 5) is 4.01. The third kappa shape index (κ3) is 3.22. The molecule has 1 N–H and O–H groups in total. The highest BCUT2D eigenvalue weighted by Gasteiger charge is 2.56. The maximum atomic E-state index is 15.1. The molecule has 0 radical (unpaired) electrons. The Labute approximate surface area is 174 Å². The van der Waals surface area contributed by atoms with Gasteiger partial charge >= 0.3 is 0 Å². The monoisotopic (exact) mass is 408 g/mol. The molecule has 6 nitrogen and oxygen atoms in total. The normalized spacial score (nSPS) is 30.4. The molecule has 1 aromatic carbocycles. The lowest BCUT2D eigenvalue weighted by molar-refractivity contribution is -0.0432. The van der Waals surface area contributed by atoms with Crippen molar-refractivity contribution in [1.29, 1.82) is 0 Å². The number of alkyl halides is 1. The van der Waals surface area contributed by atoms with Gasteiger partial charge in [0.1, 0.15) is 18.0 Å². The molecular weight excluding hydrogens is 383 g/mol. The lowest BCUT2D eigenvalue weighted by atomic mass is 9.68. The van der Waals surface area contributed by atoms with Crippen LogP contribution >= 0.6 is 0 Å². The van der Waals surface area contributed by atoms with Gasteiger partial charge in [-0.2, -0.15) is 0 Å². The first-order valence-electron chi connectivity index (χ1n) is 10.3. The van der Waals surface area contributed by atoms with E-state index >= 15 is 4.39 Å². The Kier molecular flexibility index (Phi) is 4.31. The lowest BCUT2D eigenvalue weighted by Crippen LogP contribution is -2.46. The van der Waals surface area contributed by atoms with E-state index in [4.69, 9.17) is 4.74 Å². The molecule has 156 valence electrons. The average molecular weight is 408 g/mol. The molecule has 30 heavy (non-hydrogen) atoms. The predicted octanol–water partition coefficient (Wildman–Crippen LogP) is 4.72. The topological polar surface area (TPSA) is 73.1 Å². The van der Waals surface area contributed by atoms with Gasteiger partial charge in [0.05, 0.1) is 17.7 Å². The van der Waals surface area contributed by atoms with E-state index in [0.29, 0.717) is 23.6 Å². The minimum Gasteiger partial charge on any atom is -0.507 e. The van der Waals surface area contributed by atoms with Gasteiger partial charge in [0.25, 0.3) is 0 Å². The molecule has 4 atom stereocenters. The van der Waals surface area contributed by atoms with Crippen LogP contribution in [0.25, 0.3) is 16.9 Å². The highest BCUT2D eigenvalue weighted by molar-refractivity contribution is 5.68. The van der Waals surface area contributed by atoms with Gasteiger partial charge < -0.3 is 14.4 Å². The Bertz CT molecular complexity index is 1060. The van der Waals surface area contributed by atoms with Crippen molar-refractivity contribution >= 4 is 0 Å². The van der Waals surface area contributed by atoms with E-state index in [0.717, 1.165) is 24.9 Å². The van der Waals surface area contributed by atoms with Crippen LogP contribution < -0.4 is 4.74 Å². The number of fused-ring (bicyclic) bond motifs is 2. The van der Waals surface area contributed by atoms with Gasteiger partial charge in [-0.3, -0.25) is 0 Å². The minimum absolute atomic E-state index is 0.0951. The van der Waals surface area contributed by atoms with E-state index in [9.17, 15) is 5.11 Å². The molecule has 2 bridgehead atoms. The fraction of sp³-hybridized carbons (Fsp3) is 0.435. The Morgan fingerprint density at radius 3 is 2.73 bits per heavy atom. The van der Waals surface area contributed by atoms with Crippen molar-refractivity contribution in [3.8, 4) is 28.6 Å². The second-order valence-electron chi connectivity index (χ2n) is 9.33. The zero-order valence-electron chi connectivity index (χ0n) is 17.1. The third-order valence-electron chi connectivity index (χ3n) is 6.79. The molecule has 0 aliphatic heterocycles. The first-order valence-corrected chi connectivity index (χ1v) is 10.3. The second kappa shape index (κ2) is 6.79. The zero-order valence-corrected chi connectivity index (χ0v) is 17.1. The summed E-state index contributed by atoms with van der Waals surface area (Å²) < 4.78 is 22.9. The summed E-state index contributed by atoms with van der Waals surface area (Å²) in [6.45, 7) is 4.26. The van der Waals surface area contributed by atoms with Gasteiger partial charge in [0, 0.05) is 35.5 Å². The quantitative estimate of drug-likeness (QED) is 0.676. The number of ether oxygens (including phenoxy) is 1. The van der Waals surface area contributed by atoms with Crippen LogP contribution in [0.1, 0.15) is 39.5 Å². The smallest absolute Gasteiger partial charge is 0.233 e. The molecule has 2 aliphatic carbocycles. The number of aromatic hydroxyl groups is 1. The summed E-state index contributed by atoms with van der Waals surface area (Å²) in [7, 11) is 0. The molecule has 5 rings (SSSR count). The molecule has 2 heterocycles. The standard InChI is InChI=1S/C23H25FN4O2/c1-22-7-8-23(2,13-22)21(24)19(12-22)30-20-6-5-17(26-27-20)16-4-3-15(11-18(16)29)28-10-9-25-14-28/h3-6,9-11,14,19,21,29H,7-8,12-13H2,1-2H3/t19-,21-,22-,23-/m0/s1. The van der Waals surface area contributed by atoms with E-state index in [1.807, 2.05) is 13.0 Å². The van der Waals surface area contributed by atoms with Gasteiger partial charge in [-0.1, -0.05) is 13.8 Å². The van der Waals surface area contributed by atoms with Gasteiger partial charge in [0.2, 0.25) is 5.88 Å². The zero-order chi connectivity index (χ0) is 20.9. The molecule has 3 aromatic rings. The van der Waals surface area contributed by atoms with Crippen LogP contribution in [-0.4, -0.2) is 37.1 Å². The number of benzene rings is 1. The van der Waals surface area contributed by atoms with Crippen LogP contribution in [0, 0.1) is 10.8 Å². The van der Waals surface area contributed by atoms with E-state index in [1.165, 1.54) is 0 Å². The van der Waals surface area contributed by atoms with Crippen LogP contribution in [0.15, 0.2) is 49.1 Å². The SMILES string of the molecule is C[C@@]12CC[C@@](C)(C1)[C@@H](F)[C@@H](Oc1ccc(-c3ccc(-n4ccnc4)cc3O)nn1)C2. The van der Waals surface area contributed by atoms with Gasteiger partial charge in [-0.15, -0.1) is 10.2 Å². The number of phenols is 1. The molecule has 7 heteroatoms. The Hall–Kier alpha value is -2.96. The summed E-state index contributed by atoms with van der Waals surface area (Å²) in [5.41, 5.74) is 1.71. The van der Waals surface area contributed by atoms with Gasteiger partial charge in [-0.25, -0.2) is 9.37 Å². The summed E-state index contributed by atoms with van der Waals surface area (Å²) >= 11 is 0. The number of hydrogen-bond acceptors (Lipinski definition) is 5. The number of nitrogens with zero attached hydrogens (tertiary/aromatic N) is 4. The van der Waals surface area contributed by atoms with Crippen molar-refractivity contribution in [2.75, 3.05) is 0 Å². The van der Waals surface area contributed by atoms with E-state index in [2.05, 4.69) is 22.1 Å². The maximum absolute atomic E-state index is 15.1. The summed E-state index contributed by atoms with van der Waals surface area (Å²) in [6, 6.07) is 8.74. The molecule has 0 spiro atoms. The lowest BCUT2D eigenvalue weighted by Gasteiger charge is -2.42. The van der Waals surface area contributed by atoms with Crippen LogP contribution in [0.2, 0.25) is 0 Å². The fourth-order valence-electron chi connectivity index (χ4n) is 5.28. The number of hydrogen-bond donors (Lipinski definition) is 1. The Balaban J connectivity index is 1.34. The first-order chi connectivity index (χ1) is 14.4. The maximum Gasteiger partial charge on any atom is 0.233 e. The largest absolute Gasteiger partial charge is 0.507 e. The van der Waals surface area contributed by atoms with Gasteiger partial charge in [-0.05, 0) is 49.3 Å². The predicted molar refractivity (Wildman–Crippen MR) is 110 cm³/mol. The van der Waals surface area contributed by atoms with Crippen molar-refractivity contribution in [2.24, 2.45) is 10.8 Å². The van der Waals surface area contributed by atoms with E-state index < -0.39 is 12.3 Å². The molecule has 2 saturated carbocycles. The van der Waals surface area contributed by atoms with E-state index in [1.54, 1.807) is 47.6 Å². The number of imidazole rings is 1. The van der Waals surface area contributed by atoms with Crippen molar-refractivity contribution in [3.05, 3.63) is 49.1 Å². The number of rotatable bonds is 4. The van der Waals surface area contributed by atoms with Gasteiger partial charge in [0.15, 0.2) is 0 Å². The highest BCUT2D eigenvalue weighted by atomic mass is 19.1. The fourth-order valence-corrected chi connectivity index (χ4v) is 5.28. The molecule has 2 fully saturated rings. The molecule has 2 aliphatic rings. The second-order valence-corrected chi connectivity index (χ2v) is 9.33. The molecule has 0 saturated heterocycles. The molecule has 0 amide bonds. The molecule has 0 unspecified atom stereocenters. The first kappa shape index (κ1) is 19.0. The number of phenolic OH excluding ortho intramolecular Hbond substituents is 1. The Morgan fingerprint density at radius 2 is 2.03 bits per heavy atom. The van der Waals surface area contributed by atoms with Crippen molar-refractivity contribution in [1.82, 2.24) is 19.7 Å². The average Bonchev–Trinajstić information content (AvgIpc) is 3.34. The van der Waals surface area contributed by atoms with Crippen molar-refractivity contribution < 1.29 is 14.2 Å². The summed E-state index contributed by atoms with van der Waals surface area (Å²) in [5.74, 6) is 0.409. The molecule has 2 aromatic heterocycles. The Morgan fingerprint density at radius 1 is 1.17 bits per heavy atom. The van der Waals surface area contributed by atoms with Crippen molar-refractivity contribution in [2.45, 2.75) is 51.8 Å². The van der Waals surface area contributed by atoms with Crippen molar-refractivity contribution in [3.63, 3.8) is 0 Å². The highest BCUT2D eigenvalue weighted by Crippen LogP contribution is 2.59. The van der Waals surface area contributed by atoms with E-state index in [-0.39, 0.29) is 16.6 Å². The third-order valence-corrected chi connectivity index (χ3v) is 6.79. The van der Waals surface area contributed by atoms with Crippen LogP contribution in [0.5, 0.6) is 11.6 Å². The molecular formula is C23H25FN4O2.